The quantitative estimate of drug-likeness (QED) is 0.0261. The molecule has 1 fully saturated rings. The average Bonchev–Trinajstić information content (AvgIpc) is 3.66. The fraction of sp³-hybridized carbons (Fsp3) is 0.697. The molecule has 9 nitrogen and oxygen atoms in total. The molecule has 486 valence electrons. The summed E-state index contributed by atoms with van der Waals surface area (Å²) < 4.78 is 11.3. The molecule has 0 bridgehead atoms. The summed E-state index contributed by atoms with van der Waals surface area (Å²) in [6.45, 7) is 3.73. The fourth-order valence-electron chi connectivity index (χ4n) is 10.3. The Labute approximate surface area is 521 Å². The van der Waals surface area contributed by atoms with Crippen molar-refractivity contribution in [2.24, 2.45) is 0 Å². The molecular weight excluding hydrogens is 1050 g/mol. The Kier molecular flexibility index (Phi) is 59.1. The molecule has 0 spiro atoms. The van der Waals surface area contributed by atoms with Crippen molar-refractivity contribution in [2.45, 2.75) is 326 Å². The highest BCUT2D eigenvalue weighted by atomic mass is 16.7. The summed E-state index contributed by atoms with van der Waals surface area (Å²) in [5.74, 6) is -0.165. The zero-order chi connectivity index (χ0) is 61.4. The SMILES string of the molecule is CC/C=C\C/C=C\C/C=C\C/C=C\C/C=C\C/C=C\C/C=C\C/C=C\C/C=C\C/C=C\C/C=C\CCCCCCCC(=O)NC(COC1OC(CO)C(O)C(O)C1O)C(O)CCCCCCCCCCCCCCCCCCCCCCCCC. The summed E-state index contributed by atoms with van der Waals surface area (Å²) in [7, 11) is 0. The molecule has 9 heteroatoms. The predicted octanol–water partition coefficient (Wildman–Crippen LogP) is 19.2. The third-order valence-corrected chi connectivity index (χ3v) is 15.8. The van der Waals surface area contributed by atoms with Crippen molar-refractivity contribution in [3.05, 3.63) is 134 Å². The van der Waals surface area contributed by atoms with Crippen molar-refractivity contribution in [3.8, 4) is 0 Å². The largest absolute Gasteiger partial charge is 0.394 e. The van der Waals surface area contributed by atoms with Crippen LogP contribution in [-0.4, -0.2) is 87.5 Å². The molecule has 1 aliphatic heterocycles. The van der Waals surface area contributed by atoms with Crippen molar-refractivity contribution >= 4 is 5.91 Å². The van der Waals surface area contributed by atoms with Gasteiger partial charge in [-0.3, -0.25) is 4.79 Å². The molecule has 7 atom stereocenters. The Hall–Kier alpha value is -3.67. The number of amides is 1. The summed E-state index contributed by atoms with van der Waals surface area (Å²) in [5.41, 5.74) is 0. The molecular formula is C76H129NO8. The topological polar surface area (TPSA) is 149 Å². The van der Waals surface area contributed by atoms with E-state index in [-0.39, 0.29) is 12.5 Å². The minimum absolute atomic E-state index is 0.153. The van der Waals surface area contributed by atoms with Crippen molar-refractivity contribution in [1.82, 2.24) is 5.32 Å². The monoisotopic (exact) mass is 1180 g/mol. The van der Waals surface area contributed by atoms with E-state index in [0.717, 1.165) is 128 Å². The van der Waals surface area contributed by atoms with Gasteiger partial charge in [-0.1, -0.05) is 314 Å². The standard InChI is InChI=1S/C76H129NO8/c1-3-5-7-9-11-13-15-17-19-21-23-25-27-28-29-30-31-32-33-34-35-36-37-38-39-40-41-42-44-46-48-50-52-54-56-58-60-62-64-66-72(80)77-69(68-84-76-75(83)74(82)73(81)71(67-78)85-76)70(79)65-63-61-59-57-55-53-51-49-47-45-43-26-24-22-20-18-16-14-12-10-8-6-4-2/h5,7,11,13,17,19,23,25,28-29,31-32,34-35,37-38,40-41,44,46,50,52,69-71,73-76,78-79,81-83H,3-4,6,8-10,12,14-16,18,20-22,24,26-27,30,33,36,39,42-43,45,47-49,51,53-68H2,1-2H3,(H,77,80)/b7-5-,13-11-,19-17-,25-23-,29-28-,32-31-,35-34-,38-37-,41-40-,46-44-,52-50-. The van der Waals surface area contributed by atoms with Gasteiger partial charge >= 0.3 is 0 Å². The van der Waals surface area contributed by atoms with Gasteiger partial charge in [0.05, 0.1) is 25.4 Å². The highest BCUT2D eigenvalue weighted by Crippen LogP contribution is 2.23. The molecule has 0 aromatic carbocycles. The van der Waals surface area contributed by atoms with Gasteiger partial charge in [-0.15, -0.1) is 0 Å². The van der Waals surface area contributed by atoms with Gasteiger partial charge in [-0.25, -0.2) is 0 Å². The molecule has 85 heavy (non-hydrogen) atoms. The lowest BCUT2D eigenvalue weighted by molar-refractivity contribution is -0.302. The van der Waals surface area contributed by atoms with Gasteiger partial charge in [-0.05, 0) is 96.3 Å². The molecule has 0 radical (unpaired) electrons. The van der Waals surface area contributed by atoms with Crippen molar-refractivity contribution in [2.75, 3.05) is 13.2 Å². The number of carbonyl (C=O) groups is 1. The molecule has 1 amide bonds. The van der Waals surface area contributed by atoms with E-state index in [4.69, 9.17) is 9.47 Å². The molecule has 1 aliphatic rings. The average molecular weight is 1180 g/mol. The molecule has 1 saturated heterocycles. The van der Waals surface area contributed by atoms with E-state index in [0.29, 0.717) is 12.8 Å². The molecule has 0 saturated carbocycles. The zero-order valence-corrected chi connectivity index (χ0v) is 54.3. The summed E-state index contributed by atoms with van der Waals surface area (Å²) in [6.07, 6.45) is 89.3. The highest BCUT2D eigenvalue weighted by Gasteiger charge is 2.44. The first kappa shape index (κ1) is 79.3. The second kappa shape index (κ2) is 63.4. The number of aliphatic hydroxyl groups is 5. The number of allylic oxidation sites excluding steroid dienone is 22. The fourth-order valence-corrected chi connectivity index (χ4v) is 10.3. The van der Waals surface area contributed by atoms with E-state index in [1.54, 1.807) is 0 Å². The number of rotatable bonds is 59. The molecule has 7 unspecified atom stereocenters. The maximum Gasteiger partial charge on any atom is 0.220 e. The smallest absolute Gasteiger partial charge is 0.220 e. The van der Waals surface area contributed by atoms with Crippen LogP contribution in [0.3, 0.4) is 0 Å². The Morgan fingerprint density at radius 1 is 0.412 bits per heavy atom. The van der Waals surface area contributed by atoms with E-state index >= 15 is 0 Å². The molecule has 0 aromatic rings. The first-order valence-electron chi connectivity index (χ1n) is 34.9. The Morgan fingerprint density at radius 3 is 1.08 bits per heavy atom. The van der Waals surface area contributed by atoms with Crippen molar-refractivity contribution in [3.63, 3.8) is 0 Å². The van der Waals surface area contributed by atoms with Crippen LogP contribution in [0.1, 0.15) is 284 Å². The lowest BCUT2D eigenvalue weighted by Crippen LogP contribution is -2.60. The first-order valence-corrected chi connectivity index (χ1v) is 34.9. The normalized spacial score (nSPS) is 19.0. The summed E-state index contributed by atoms with van der Waals surface area (Å²) in [6, 6.07) is -0.741. The first-order chi connectivity index (χ1) is 41.8. The van der Waals surface area contributed by atoms with Crippen LogP contribution in [0.15, 0.2) is 134 Å². The van der Waals surface area contributed by atoms with Crippen LogP contribution in [0.4, 0.5) is 0 Å². The molecule has 6 N–H and O–H groups in total. The number of hydrogen-bond donors (Lipinski definition) is 6. The zero-order valence-electron chi connectivity index (χ0n) is 54.3. The maximum atomic E-state index is 13.1. The highest BCUT2D eigenvalue weighted by molar-refractivity contribution is 5.76. The molecule has 0 aromatic heterocycles. The van der Waals surface area contributed by atoms with Gasteiger partial charge in [0.15, 0.2) is 6.29 Å². The minimum Gasteiger partial charge on any atom is -0.394 e. The van der Waals surface area contributed by atoms with E-state index < -0.39 is 49.5 Å². The van der Waals surface area contributed by atoms with Crippen LogP contribution in [0, 0.1) is 0 Å². The van der Waals surface area contributed by atoms with Crippen molar-refractivity contribution < 1.29 is 39.8 Å². The number of ether oxygens (including phenoxy) is 2. The predicted molar refractivity (Wildman–Crippen MR) is 363 cm³/mol. The molecule has 1 rings (SSSR count). The number of aliphatic hydroxyl groups excluding tert-OH is 5. The van der Waals surface area contributed by atoms with Crippen LogP contribution in [0.5, 0.6) is 0 Å². The second-order valence-corrected chi connectivity index (χ2v) is 23.6. The van der Waals surface area contributed by atoms with Gasteiger partial charge < -0.3 is 40.3 Å². The summed E-state index contributed by atoms with van der Waals surface area (Å²) >= 11 is 0. The van der Waals surface area contributed by atoms with Crippen LogP contribution < -0.4 is 5.32 Å². The number of carbonyl (C=O) groups excluding carboxylic acids is 1. The maximum absolute atomic E-state index is 13.1. The van der Waals surface area contributed by atoms with Crippen LogP contribution in [0.2, 0.25) is 0 Å². The van der Waals surface area contributed by atoms with E-state index in [1.165, 1.54) is 128 Å². The third-order valence-electron chi connectivity index (χ3n) is 15.8. The number of nitrogens with one attached hydrogen (secondary N) is 1. The van der Waals surface area contributed by atoms with Gasteiger partial charge in [-0.2, -0.15) is 0 Å². The van der Waals surface area contributed by atoms with Crippen molar-refractivity contribution in [1.29, 1.82) is 0 Å². The van der Waals surface area contributed by atoms with Gasteiger partial charge in [0.1, 0.15) is 24.4 Å². The number of unbranched alkanes of at least 4 members (excludes halogenated alkanes) is 27. The minimum atomic E-state index is -1.57. The van der Waals surface area contributed by atoms with Crippen LogP contribution >= 0.6 is 0 Å². The second-order valence-electron chi connectivity index (χ2n) is 23.6. The van der Waals surface area contributed by atoms with Gasteiger partial charge in [0, 0.05) is 6.42 Å². The lowest BCUT2D eigenvalue weighted by atomic mass is 9.99. The van der Waals surface area contributed by atoms with Crippen LogP contribution in [0.25, 0.3) is 0 Å². The summed E-state index contributed by atoms with van der Waals surface area (Å²) in [4.78, 5) is 13.1. The van der Waals surface area contributed by atoms with Crippen LogP contribution in [-0.2, 0) is 14.3 Å². The van der Waals surface area contributed by atoms with E-state index in [2.05, 4.69) is 153 Å². The summed E-state index contributed by atoms with van der Waals surface area (Å²) in [5, 5.41) is 54.9. The Balaban J connectivity index is 2.17. The van der Waals surface area contributed by atoms with E-state index in [1.807, 2.05) is 0 Å². The number of hydrogen-bond acceptors (Lipinski definition) is 8. The molecule has 1 heterocycles. The van der Waals surface area contributed by atoms with Gasteiger partial charge in [0.2, 0.25) is 5.91 Å². The van der Waals surface area contributed by atoms with Gasteiger partial charge in [0.25, 0.3) is 0 Å². The lowest BCUT2D eigenvalue weighted by Gasteiger charge is -2.40. The third kappa shape index (κ3) is 52.0. The molecule has 0 aliphatic carbocycles. The Bertz CT molecular complexity index is 1800. The van der Waals surface area contributed by atoms with E-state index in [9.17, 15) is 30.3 Å². The Morgan fingerprint density at radius 2 is 0.729 bits per heavy atom.